The van der Waals surface area contributed by atoms with Gasteiger partial charge in [0.25, 0.3) is 0 Å². The van der Waals surface area contributed by atoms with Crippen LogP contribution >= 0.6 is 15.9 Å². The van der Waals surface area contributed by atoms with Crippen LogP contribution < -0.4 is 9.47 Å². The van der Waals surface area contributed by atoms with Crippen molar-refractivity contribution in [2.45, 2.75) is 13.0 Å². The first-order chi connectivity index (χ1) is 8.00. The summed E-state index contributed by atoms with van der Waals surface area (Å²) in [5.41, 5.74) is 0.482. The summed E-state index contributed by atoms with van der Waals surface area (Å²) in [5, 5.41) is 18.8. The molecule has 1 aromatic rings. The number of aliphatic hydroxyl groups is 1. The summed E-state index contributed by atoms with van der Waals surface area (Å²) in [6.07, 6.45) is -1.08. The molecule has 0 aromatic heterocycles. The lowest BCUT2D eigenvalue weighted by Crippen LogP contribution is -2.18. The fourth-order valence-corrected chi connectivity index (χ4v) is 2.16. The molecule has 0 amide bonds. The molecule has 0 bridgehead atoms. The molecule has 0 radical (unpaired) electrons. The maximum atomic E-state index is 10.8. The van der Waals surface area contributed by atoms with Crippen LogP contribution in [0, 0.1) is 5.92 Å². The summed E-state index contributed by atoms with van der Waals surface area (Å²) >= 11 is 3.29. The van der Waals surface area contributed by atoms with Crippen LogP contribution in [0.15, 0.2) is 16.6 Å². The van der Waals surface area contributed by atoms with Gasteiger partial charge in [0, 0.05) is 0 Å². The molecule has 0 saturated heterocycles. The monoisotopic (exact) mass is 302 g/mol. The van der Waals surface area contributed by atoms with Crippen LogP contribution in [0.25, 0.3) is 0 Å². The number of carbonyl (C=O) groups is 1. The molecule has 17 heavy (non-hydrogen) atoms. The van der Waals surface area contributed by atoms with Gasteiger partial charge in [0.15, 0.2) is 11.5 Å². The first-order valence-corrected chi connectivity index (χ1v) is 5.80. The van der Waals surface area contributed by atoms with Gasteiger partial charge in [-0.1, -0.05) is 0 Å². The van der Waals surface area contributed by atoms with Crippen molar-refractivity contribution in [1.29, 1.82) is 0 Å². The largest absolute Gasteiger partial charge is 0.481 e. The van der Waals surface area contributed by atoms with Crippen LogP contribution in [0.3, 0.4) is 0 Å². The Kier molecular flexibility index (Phi) is 3.26. The molecule has 2 rings (SSSR count). The van der Waals surface area contributed by atoms with E-state index in [1.807, 2.05) is 0 Å². The Morgan fingerprint density at radius 3 is 2.82 bits per heavy atom. The molecule has 0 saturated carbocycles. The Bertz CT molecular complexity index is 459. The zero-order valence-electron chi connectivity index (χ0n) is 9.01. The second-order valence-corrected chi connectivity index (χ2v) is 4.66. The summed E-state index contributed by atoms with van der Waals surface area (Å²) in [4.78, 5) is 10.8. The summed E-state index contributed by atoms with van der Waals surface area (Å²) < 4.78 is 11.0. The number of rotatable bonds is 3. The Hall–Kier alpha value is -1.27. The fraction of sp³-hybridized carbons (Fsp3) is 0.364. The predicted molar refractivity (Wildman–Crippen MR) is 62.0 cm³/mol. The molecule has 1 aliphatic rings. The number of ether oxygens (including phenoxy) is 2. The van der Waals surface area contributed by atoms with Gasteiger partial charge in [-0.3, -0.25) is 4.79 Å². The number of hydrogen-bond acceptors (Lipinski definition) is 4. The Morgan fingerprint density at radius 2 is 2.18 bits per heavy atom. The van der Waals surface area contributed by atoms with Gasteiger partial charge < -0.3 is 19.7 Å². The van der Waals surface area contributed by atoms with Crippen LogP contribution in [0.2, 0.25) is 0 Å². The smallest absolute Gasteiger partial charge is 0.309 e. The highest BCUT2D eigenvalue weighted by molar-refractivity contribution is 9.10. The average molecular weight is 303 g/mol. The van der Waals surface area contributed by atoms with E-state index < -0.39 is 18.0 Å². The van der Waals surface area contributed by atoms with Crippen molar-refractivity contribution >= 4 is 21.9 Å². The Morgan fingerprint density at radius 1 is 1.47 bits per heavy atom. The van der Waals surface area contributed by atoms with E-state index in [1.165, 1.54) is 6.92 Å². The number of benzene rings is 1. The van der Waals surface area contributed by atoms with E-state index in [4.69, 9.17) is 14.6 Å². The third-order valence-corrected chi connectivity index (χ3v) is 3.24. The van der Waals surface area contributed by atoms with Crippen molar-refractivity contribution < 1.29 is 24.5 Å². The van der Waals surface area contributed by atoms with E-state index in [2.05, 4.69) is 15.9 Å². The van der Waals surface area contributed by atoms with E-state index in [-0.39, 0.29) is 6.79 Å². The van der Waals surface area contributed by atoms with Crippen LogP contribution in [0.5, 0.6) is 11.5 Å². The number of fused-ring (bicyclic) bond motifs is 1. The molecule has 92 valence electrons. The third kappa shape index (κ3) is 2.23. The van der Waals surface area contributed by atoms with Gasteiger partial charge in [-0.25, -0.2) is 0 Å². The number of carboxylic acid groups (broad SMARTS) is 1. The summed E-state index contributed by atoms with van der Waals surface area (Å²) in [5.74, 6) is -0.858. The lowest BCUT2D eigenvalue weighted by molar-refractivity contribution is -0.145. The molecule has 1 heterocycles. The molecule has 0 spiro atoms. The Labute approximate surface area is 106 Å². The van der Waals surface area contributed by atoms with Crippen LogP contribution in [-0.2, 0) is 4.79 Å². The van der Waals surface area contributed by atoms with Crippen molar-refractivity contribution in [1.82, 2.24) is 0 Å². The highest BCUT2D eigenvalue weighted by Crippen LogP contribution is 2.42. The van der Waals surface area contributed by atoms with E-state index in [9.17, 15) is 9.90 Å². The number of aliphatic hydroxyl groups excluding tert-OH is 1. The molecule has 2 N–H and O–H groups in total. The molecule has 1 aliphatic heterocycles. The standard InChI is InChI=1S/C11H11BrO5/c1-5(11(14)15)9(13)6-2-7(12)10-8(3-6)16-4-17-10/h2-3,5,9,13H,4H2,1H3,(H,14,15). The molecule has 1 aromatic carbocycles. The van der Waals surface area contributed by atoms with E-state index in [1.54, 1.807) is 12.1 Å². The van der Waals surface area contributed by atoms with E-state index in [0.717, 1.165) is 0 Å². The van der Waals surface area contributed by atoms with Gasteiger partial charge in [0.2, 0.25) is 6.79 Å². The van der Waals surface area contributed by atoms with Gasteiger partial charge in [-0.15, -0.1) is 0 Å². The van der Waals surface area contributed by atoms with Crippen molar-refractivity contribution in [3.63, 3.8) is 0 Å². The summed E-state index contributed by atoms with van der Waals surface area (Å²) in [7, 11) is 0. The molecule has 5 nitrogen and oxygen atoms in total. The number of halogens is 1. The van der Waals surface area contributed by atoms with Gasteiger partial charge in [-0.2, -0.15) is 0 Å². The van der Waals surface area contributed by atoms with Crippen molar-refractivity contribution in [2.75, 3.05) is 6.79 Å². The summed E-state index contributed by atoms with van der Waals surface area (Å²) in [6, 6.07) is 3.23. The second-order valence-electron chi connectivity index (χ2n) is 3.81. The van der Waals surface area contributed by atoms with Crippen LogP contribution in [0.4, 0.5) is 0 Å². The third-order valence-electron chi connectivity index (χ3n) is 2.65. The van der Waals surface area contributed by atoms with Crippen LogP contribution in [0.1, 0.15) is 18.6 Å². The minimum Gasteiger partial charge on any atom is -0.481 e. The van der Waals surface area contributed by atoms with Crippen LogP contribution in [-0.4, -0.2) is 23.0 Å². The van der Waals surface area contributed by atoms with E-state index in [0.29, 0.717) is 21.5 Å². The molecule has 2 atom stereocenters. The van der Waals surface area contributed by atoms with Crippen molar-refractivity contribution in [2.24, 2.45) is 5.92 Å². The predicted octanol–water partition coefficient (Wildman–Crippen LogP) is 1.93. The number of hydrogen-bond donors (Lipinski definition) is 2. The molecule has 2 unspecified atom stereocenters. The first-order valence-electron chi connectivity index (χ1n) is 5.00. The average Bonchev–Trinajstić information content (AvgIpc) is 2.75. The summed E-state index contributed by atoms with van der Waals surface area (Å²) in [6.45, 7) is 1.58. The lowest BCUT2D eigenvalue weighted by atomic mass is 9.97. The topological polar surface area (TPSA) is 76.0 Å². The van der Waals surface area contributed by atoms with Gasteiger partial charge >= 0.3 is 5.97 Å². The quantitative estimate of drug-likeness (QED) is 0.892. The van der Waals surface area contributed by atoms with Crippen molar-refractivity contribution in [3.05, 3.63) is 22.2 Å². The number of aliphatic carboxylic acids is 1. The zero-order chi connectivity index (χ0) is 12.6. The first kappa shape index (κ1) is 12.2. The maximum Gasteiger partial charge on any atom is 0.309 e. The number of carboxylic acids is 1. The highest BCUT2D eigenvalue weighted by atomic mass is 79.9. The Balaban J connectivity index is 2.34. The van der Waals surface area contributed by atoms with Crippen molar-refractivity contribution in [3.8, 4) is 11.5 Å². The minimum atomic E-state index is -1.08. The fourth-order valence-electron chi connectivity index (χ4n) is 1.58. The SMILES string of the molecule is CC(C(=O)O)C(O)c1cc(Br)c2c(c1)OCO2. The zero-order valence-corrected chi connectivity index (χ0v) is 10.6. The van der Waals surface area contributed by atoms with Gasteiger partial charge in [0.1, 0.15) is 0 Å². The normalized spacial score (nSPS) is 16.6. The molecule has 6 heteroatoms. The lowest BCUT2D eigenvalue weighted by Gasteiger charge is -2.16. The molecule has 0 fully saturated rings. The van der Waals surface area contributed by atoms with E-state index >= 15 is 0 Å². The maximum absolute atomic E-state index is 10.8. The minimum absolute atomic E-state index is 0.127. The molecular formula is C11H11BrO5. The molecular weight excluding hydrogens is 292 g/mol. The van der Waals surface area contributed by atoms with Gasteiger partial charge in [-0.05, 0) is 40.5 Å². The molecule has 0 aliphatic carbocycles. The van der Waals surface area contributed by atoms with Gasteiger partial charge in [0.05, 0.1) is 16.5 Å². The second kappa shape index (κ2) is 4.54. The highest BCUT2D eigenvalue weighted by Gasteiger charge is 2.26.